The average molecular weight is 539 g/mol. The molecule has 3 aromatic carbocycles. The Labute approximate surface area is 166 Å². The van der Waals surface area contributed by atoms with E-state index in [1.54, 1.807) is 11.3 Å². The highest BCUT2D eigenvalue weighted by Crippen LogP contribution is 2.35. The molecule has 0 spiro atoms. The van der Waals surface area contributed by atoms with Gasteiger partial charge in [0.05, 0.1) is 10.2 Å². The minimum absolute atomic E-state index is 1.08. The molecule has 0 aliphatic rings. The van der Waals surface area contributed by atoms with Crippen LogP contribution >= 0.6 is 56.5 Å². The molecule has 112 valence electrons. The molecular formula is C19H11I2NS. The lowest BCUT2D eigenvalue weighted by molar-refractivity contribution is 1.46. The maximum Gasteiger partial charge on any atom is 0.124 e. The molecule has 0 amide bonds. The largest absolute Gasteiger partial charge is 0.235 e. The van der Waals surface area contributed by atoms with E-state index in [1.807, 2.05) is 6.07 Å². The van der Waals surface area contributed by atoms with Crippen LogP contribution in [-0.4, -0.2) is 4.98 Å². The Bertz CT molecular complexity index is 937. The van der Waals surface area contributed by atoms with Crippen LogP contribution in [0.3, 0.4) is 0 Å². The van der Waals surface area contributed by atoms with Crippen LogP contribution in [0.25, 0.3) is 31.9 Å². The molecule has 4 aromatic rings. The SMILES string of the molecule is Ic1ccc(I)c2sc(-c3ccc(-c4ccccc4)cc3)nc12. The van der Waals surface area contributed by atoms with Crippen molar-refractivity contribution in [3.63, 3.8) is 0 Å². The molecule has 0 bridgehead atoms. The number of rotatable bonds is 2. The molecule has 0 saturated carbocycles. The molecule has 0 aliphatic heterocycles. The molecule has 23 heavy (non-hydrogen) atoms. The van der Waals surface area contributed by atoms with Crippen molar-refractivity contribution in [1.82, 2.24) is 4.98 Å². The first-order chi connectivity index (χ1) is 11.2. The molecule has 0 radical (unpaired) electrons. The number of fused-ring (bicyclic) bond motifs is 1. The highest BCUT2D eigenvalue weighted by molar-refractivity contribution is 14.1. The maximum absolute atomic E-state index is 4.85. The Morgan fingerprint density at radius 1 is 0.652 bits per heavy atom. The monoisotopic (exact) mass is 539 g/mol. The third-order valence-electron chi connectivity index (χ3n) is 3.69. The lowest BCUT2D eigenvalue weighted by Gasteiger charge is -2.02. The van der Waals surface area contributed by atoms with E-state index >= 15 is 0 Å². The fourth-order valence-electron chi connectivity index (χ4n) is 2.50. The summed E-state index contributed by atoms with van der Waals surface area (Å²) in [5, 5.41) is 1.08. The van der Waals surface area contributed by atoms with Crippen molar-refractivity contribution in [2.45, 2.75) is 0 Å². The third kappa shape index (κ3) is 3.04. The van der Waals surface area contributed by atoms with Crippen LogP contribution < -0.4 is 0 Å². The van der Waals surface area contributed by atoms with Crippen LogP contribution in [0.5, 0.6) is 0 Å². The molecule has 0 N–H and O–H groups in total. The zero-order chi connectivity index (χ0) is 15.8. The van der Waals surface area contributed by atoms with Crippen LogP contribution in [0.2, 0.25) is 0 Å². The molecule has 0 fully saturated rings. The zero-order valence-corrected chi connectivity index (χ0v) is 17.1. The van der Waals surface area contributed by atoms with E-state index < -0.39 is 0 Å². The Morgan fingerprint density at radius 3 is 1.96 bits per heavy atom. The zero-order valence-electron chi connectivity index (χ0n) is 12.0. The number of halogens is 2. The normalized spacial score (nSPS) is 11.0. The van der Waals surface area contributed by atoms with Crippen LogP contribution in [0, 0.1) is 7.14 Å². The van der Waals surface area contributed by atoms with Gasteiger partial charge in [0.15, 0.2) is 0 Å². The Balaban J connectivity index is 1.77. The van der Waals surface area contributed by atoms with Crippen LogP contribution in [0.1, 0.15) is 0 Å². The van der Waals surface area contributed by atoms with Gasteiger partial charge in [0.25, 0.3) is 0 Å². The number of aromatic nitrogens is 1. The second kappa shape index (κ2) is 6.49. The van der Waals surface area contributed by atoms with Gasteiger partial charge in [-0.3, -0.25) is 0 Å². The van der Waals surface area contributed by atoms with Crippen LogP contribution in [-0.2, 0) is 0 Å². The van der Waals surface area contributed by atoms with E-state index in [1.165, 1.54) is 28.5 Å². The van der Waals surface area contributed by atoms with Gasteiger partial charge < -0.3 is 0 Å². The quantitative estimate of drug-likeness (QED) is 0.255. The molecular weight excluding hydrogens is 528 g/mol. The number of benzene rings is 3. The van der Waals surface area contributed by atoms with Crippen molar-refractivity contribution in [1.29, 1.82) is 0 Å². The van der Waals surface area contributed by atoms with Gasteiger partial charge in [-0.15, -0.1) is 11.3 Å². The summed E-state index contributed by atoms with van der Waals surface area (Å²) in [7, 11) is 0. The molecule has 4 rings (SSSR count). The van der Waals surface area contributed by atoms with Gasteiger partial charge in [0, 0.05) is 12.7 Å². The minimum atomic E-state index is 1.08. The number of hydrogen-bond acceptors (Lipinski definition) is 2. The van der Waals surface area contributed by atoms with Crippen LogP contribution in [0.4, 0.5) is 0 Å². The number of nitrogens with zero attached hydrogens (tertiary/aromatic N) is 1. The Hall–Kier alpha value is -0.990. The summed E-state index contributed by atoms with van der Waals surface area (Å²) in [6.45, 7) is 0. The maximum atomic E-state index is 4.85. The first-order valence-electron chi connectivity index (χ1n) is 7.13. The first-order valence-corrected chi connectivity index (χ1v) is 10.1. The van der Waals surface area contributed by atoms with Gasteiger partial charge in [-0.2, -0.15) is 0 Å². The molecule has 0 saturated heterocycles. The molecule has 0 atom stereocenters. The van der Waals surface area contributed by atoms with Gasteiger partial charge in [0.1, 0.15) is 5.01 Å². The van der Waals surface area contributed by atoms with Crippen molar-refractivity contribution in [3.8, 4) is 21.7 Å². The van der Waals surface area contributed by atoms with Crippen molar-refractivity contribution >= 4 is 66.7 Å². The highest BCUT2D eigenvalue weighted by Gasteiger charge is 2.11. The summed E-state index contributed by atoms with van der Waals surface area (Å²) in [5.74, 6) is 0. The van der Waals surface area contributed by atoms with Gasteiger partial charge in [-0.05, 0) is 68.4 Å². The molecule has 1 nitrogen and oxygen atoms in total. The lowest BCUT2D eigenvalue weighted by Crippen LogP contribution is -1.80. The van der Waals surface area contributed by atoms with Crippen molar-refractivity contribution in [2.75, 3.05) is 0 Å². The standard InChI is InChI=1S/C19H11I2NS/c20-15-10-11-16(21)18-17(15)22-19(23-18)14-8-6-13(7-9-14)12-4-2-1-3-5-12/h1-11H. The van der Waals surface area contributed by atoms with Crippen molar-refractivity contribution in [2.24, 2.45) is 0 Å². The second-order valence-electron chi connectivity index (χ2n) is 5.17. The summed E-state index contributed by atoms with van der Waals surface area (Å²) >= 11 is 6.52. The lowest BCUT2D eigenvalue weighted by atomic mass is 10.0. The predicted molar refractivity (Wildman–Crippen MR) is 116 cm³/mol. The summed E-state index contributed by atoms with van der Waals surface area (Å²) in [5.41, 5.74) is 4.77. The molecule has 1 aromatic heterocycles. The van der Waals surface area contributed by atoms with E-state index in [0.717, 1.165) is 10.5 Å². The fraction of sp³-hybridized carbons (Fsp3) is 0. The molecule has 0 aliphatic carbocycles. The molecule has 1 heterocycles. The van der Waals surface area contributed by atoms with E-state index in [2.05, 4.69) is 106 Å². The summed E-state index contributed by atoms with van der Waals surface area (Å²) in [6.07, 6.45) is 0. The van der Waals surface area contributed by atoms with Crippen LogP contribution in [0.15, 0.2) is 66.7 Å². The van der Waals surface area contributed by atoms with E-state index in [0.29, 0.717) is 0 Å². The van der Waals surface area contributed by atoms with Crippen molar-refractivity contribution < 1.29 is 0 Å². The fourth-order valence-corrected chi connectivity index (χ4v) is 5.02. The van der Waals surface area contributed by atoms with E-state index in [-0.39, 0.29) is 0 Å². The number of hydrogen-bond donors (Lipinski definition) is 0. The second-order valence-corrected chi connectivity index (χ2v) is 8.49. The van der Waals surface area contributed by atoms with E-state index in [9.17, 15) is 0 Å². The summed E-state index contributed by atoms with van der Waals surface area (Å²) in [6, 6.07) is 23.4. The smallest absolute Gasteiger partial charge is 0.124 e. The van der Waals surface area contributed by atoms with Gasteiger partial charge in [-0.1, -0.05) is 54.6 Å². The first kappa shape index (κ1) is 15.5. The summed E-state index contributed by atoms with van der Waals surface area (Å²) < 4.78 is 3.75. The minimum Gasteiger partial charge on any atom is -0.235 e. The topological polar surface area (TPSA) is 12.9 Å². The molecule has 0 unspecified atom stereocenters. The van der Waals surface area contributed by atoms with Gasteiger partial charge in [-0.25, -0.2) is 4.98 Å². The van der Waals surface area contributed by atoms with Crippen molar-refractivity contribution in [3.05, 3.63) is 73.9 Å². The van der Waals surface area contributed by atoms with E-state index in [4.69, 9.17) is 4.98 Å². The average Bonchev–Trinajstić information content (AvgIpc) is 3.06. The predicted octanol–water partition coefficient (Wildman–Crippen LogP) is 6.84. The summed E-state index contributed by atoms with van der Waals surface area (Å²) in [4.78, 5) is 4.85. The third-order valence-corrected chi connectivity index (χ3v) is 6.96. The Kier molecular flexibility index (Phi) is 4.38. The van der Waals surface area contributed by atoms with Gasteiger partial charge in [0.2, 0.25) is 0 Å². The number of thiazole rings is 1. The van der Waals surface area contributed by atoms with Gasteiger partial charge >= 0.3 is 0 Å². The Morgan fingerprint density at radius 2 is 1.26 bits per heavy atom. The molecule has 4 heteroatoms. The highest BCUT2D eigenvalue weighted by atomic mass is 127.